The zero-order valence-electron chi connectivity index (χ0n) is 47.1. The van der Waals surface area contributed by atoms with Gasteiger partial charge in [0.2, 0.25) is 0 Å². The van der Waals surface area contributed by atoms with Crippen LogP contribution in [0.1, 0.15) is 367 Å². The number of rotatable bonds is 59. The Kier molecular flexibility index (Phi) is 57.6. The molecule has 0 saturated heterocycles. The van der Waals surface area contributed by atoms with Crippen LogP contribution in [0.15, 0.2) is 0 Å². The van der Waals surface area contributed by atoms with E-state index in [1.807, 2.05) is 0 Å². The fourth-order valence-corrected chi connectivity index (χ4v) is 9.86. The van der Waals surface area contributed by atoms with E-state index in [9.17, 15) is 14.4 Å². The minimum absolute atomic E-state index is 0.0625. The molecule has 69 heavy (non-hydrogen) atoms. The lowest BCUT2D eigenvalue weighted by molar-refractivity contribution is -0.167. The van der Waals surface area contributed by atoms with Gasteiger partial charge in [-0.25, -0.2) is 0 Å². The first-order chi connectivity index (χ1) is 34.0. The van der Waals surface area contributed by atoms with Gasteiger partial charge in [0.25, 0.3) is 0 Å². The number of carbonyl (C=O) groups is 3. The molecule has 0 aliphatic heterocycles. The van der Waals surface area contributed by atoms with Crippen molar-refractivity contribution in [2.24, 2.45) is 0 Å². The highest BCUT2D eigenvalue weighted by Crippen LogP contribution is 2.19. The summed E-state index contributed by atoms with van der Waals surface area (Å²) in [6.07, 6.45) is 67.5. The Morgan fingerprint density at radius 2 is 0.391 bits per heavy atom. The molecule has 0 aliphatic rings. The molecule has 0 N–H and O–H groups in total. The molecule has 0 aromatic carbocycles. The van der Waals surface area contributed by atoms with Gasteiger partial charge >= 0.3 is 17.9 Å². The highest BCUT2D eigenvalue weighted by Gasteiger charge is 2.19. The molecule has 0 fully saturated rings. The number of carbonyl (C=O) groups excluding carboxylic acids is 3. The van der Waals surface area contributed by atoms with Gasteiger partial charge in [-0.2, -0.15) is 0 Å². The first kappa shape index (κ1) is 67.4. The number of esters is 3. The van der Waals surface area contributed by atoms with Crippen molar-refractivity contribution in [3.05, 3.63) is 0 Å². The Morgan fingerprint density at radius 1 is 0.232 bits per heavy atom. The van der Waals surface area contributed by atoms with Crippen LogP contribution in [-0.2, 0) is 28.6 Å². The van der Waals surface area contributed by atoms with Crippen molar-refractivity contribution in [3.8, 4) is 0 Å². The maximum absolute atomic E-state index is 12.7. The minimum atomic E-state index is -0.759. The molecule has 0 amide bonds. The standard InChI is InChI=1S/C63H122O6/c1-4-7-10-13-16-19-20-21-22-23-24-25-26-27-28-29-30-31-32-33-34-35-36-37-38-39-40-41-42-43-45-47-50-53-56-62(65)68-59-60(58-67-61(64)55-52-49-46-18-15-12-9-6-3)69-63(66)57-54-51-48-44-17-14-11-8-5-2/h60H,4-59H2,1-3H3. The zero-order valence-corrected chi connectivity index (χ0v) is 47.1. The summed E-state index contributed by atoms with van der Waals surface area (Å²) < 4.78 is 16.8. The van der Waals surface area contributed by atoms with Crippen molar-refractivity contribution < 1.29 is 28.6 Å². The maximum atomic E-state index is 12.7. The van der Waals surface area contributed by atoms with Gasteiger partial charge in [0.15, 0.2) is 6.10 Å². The van der Waals surface area contributed by atoms with Gasteiger partial charge in [0.1, 0.15) is 13.2 Å². The first-order valence-electron chi connectivity index (χ1n) is 31.5. The molecule has 6 nitrogen and oxygen atoms in total. The van der Waals surface area contributed by atoms with Crippen LogP contribution in [0.25, 0.3) is 0 Å². The normalized spacial score (nSPS) is 11.9. The van der Waals surface area contributed by atoms with Gasteiger partial charge in [0.05, 0.1) is 0 Å². The van der Waals surface area contributed by atoms with E-state index in [1.165, 1.54) is 270 Å². The van der Waals surface area contributed by atoms with Gasteiger partial charge in [-0.3, -0.25) is 14.4 Å². The maximum Gasteiger partial charge on any atom is 0.306 e. The van der Waals surface area contributed by atoms with Crippen molar-refractivity contribution in [2.75, 3.05) is 13.2 Å². The molecule has 410 valence electrons. The molecule has 0 saturated carbocycles. The van der Waals surface area contributed by atoms with Crippen LogP contribution in [0.2, 0.25) is 0 Å². The Labute approximate surface area is 431 Å². The monoisotopic (exact) mass is 975 g/mol. The molecule has 6 heteroatoms. The van der Waals surface area contributed by atoms with Crippen molar-refractivity contribution in [1.29, 1.82) is 0 Å². The number of hydrogen-bond acceptors (Lipinski definition) is 6. The number of hydrogen-bond donors (Lipinski definition) is 0. The van der Waals surface area contributed by atoms with Crippen LogP contribution in [0.5, 0.6) is 0 Å². The largest absolute Gasteiger partial charge is 0.462 e. The van der Waals surface area contributed by atoms with E-state index in [4.69, 9.17) is 14.2 Å². The summed E-state index contributed by atoms with van der Waals surface area (Å²) in [5.74, 6) is -0.847. The van der Waals surface area contributed by atoms with Crippen LogP contribution in [0.4, 0.5) is 0 Å². The van der Waals surface area contributed by atoms with Gasteiger partial charge < -0.3 is 14.2 Å². The van der Waals surface area contributed by atoms with Gasteiger partial charge in [0, 0.05) is 19.3 Å². The fraction of sp³-hybridized carbons (Fsp3) is 0.952. The Hall–Kier alpha value is -1.59. The third-order valence-corrected chi connectivity index (χ3v) is 14.6. The van der Waals surface area contributed by atoms with Crippen molar-refractivity contribution in [3.63, 3.8) is 0 Å². The van der Waals surface area contributed by atoms with E-state index < -0.39 is 6.10 Å². The van der Waals surface area contributed by atoms with E-state index in [1.54, 1.807) is 0 Å². The molecule has 0 aromatic heterocycles. The van der Waals surface area contributed by atoms with Crippen molar-refractivity contribution >= 4 is 17.9 Å². The van der Waals surface area contributed by atoms with Crippen LogP contribution in [0.3, 0.4) is 0 Å². The summed E-state index contributed by atoms with van der Waals surface area (Å²) in [6.45, 7) is 6.65. The molecule has 0 bridgehead atoms. The SMILES string of the molecule is CCCCCCCCCCCCCCCCCCCCCCCCCCCCCCCCCCCCC(=O)OCC(COC(=O)CCCCCCCCCC)OC(=O)CCCCCCCCCCC. The van der Waals surface area contributed by atoms with Crippen LogP contribution >= 0.6 is 0 Å². The molecule has 1 unspecified atom stereocenters. The van der Waals surface area contributed by atoms with E-state index in [0.29, 0.717) is 19.3 Å². The van der Waals surface area contributed by atoms with E-state index in [0.717, 1.165) is 57.8 Å². The molecular weight excluding hydrogens is 853 g/mol. The third kappa shape index (κ3) is 57.2. The van der Waals surface area contributed by atoms with Crippen LogP contribution in [-0.4, -0.2) is 37.2 Å². The summed E-state index contributed by atoms with van der Waals surface area (Å²) in [5.41, 5.74) is 0. The Balaban J connectivity index is 3.81. The summed E-state index contributed by atoms with van der Waals surface area (Å²) in [4.78, 5) is 37.8. The lowest BCUT2D eigenvalue weighted by Gasteiger charge is -2.18. The van der Waals surface area contributed by atoms with Crippen LogP contribution < -0.4 is 0 Å². The van der Waals surface area contributed by atoms with Crippen LogP contribution in [0, 0.1) is 0 Å². The van der Waals surface area contributed by atoms with Crippen molar-refractivity contribution in [1.82, 2.24) is 0 Å². The van der Waals surface area contributed by atoms with E-state index in [-0.39, 0.29) is 31.1 Å². The first-order valence-corrected chi connectivity index (χ1v) is 31.5. The molecule has 0 rings (SSSR count). The second-order valence-electron chi connectivity index (χ2n) is 21.7. The number of unbranched alkanes of at least 4 members (excludes halogenated alkanes) is 48. The van der Waals surface area contributed by atoms with Gasteiger partial charge in [-0.1, -0.05) is 329 Å². The van der Waals surface area contributed by atoms with E-state index in [2.05, 4.69) is 20.8 Å². The summed E-state index contributed by atoms with van der Waals surface area (Å²) in [6, 6.07) is 0. The second kappa shape index (κ2) is 59.0. The average Bonchev–Trinajstić information content (AvgIpc) is 3.35. The smallest absolute Gasteiger partial charge is 0.306 e. The fourth-order valence-electron chi connectivity index (χ4n) is 9.86. The van der Waals surface area contributed by atoms with Gasteiger partial charge in [-0.15, -0.1) is 0 Å². The Morgan fingerprint density at radius 3 is 0.580 bits per heavy atom. The summed E-state index contributed by atoms with van der Waals surface area (Å²) in [7, 11) is 0. The lowest BCUT2D eigenvalue weighted by atomic mass is 10.0. The molecule has 1 atom stereocenters. The predicted octanol–water partition coefficient (Wildman–Crippen LogP) is 21.1. The quantitative estimate of drug-likeness (QED) is 0.0343. The molecule has 0 aromatic rings. The topological polar surface area (TPSA) is 78.9 Å². The second-order valence-corrected chi connectivity index (χ2v) is 21.7. The lowest BCUT2D eigenvalue weighted by Crippen LogP contribution is -2.30. The Bertz CT molecular complexity index is 1030. The predicted molar refractivity (Wildman–Crippen MR) is 298 cm³/mol. The summed E-state index contributed by atoms with van der Waals surface area (Å²) in [5, 5.41) is 0. The van der Waals surface area contributed by atoms with Gasteiger partial charge in [-0.05, 0) is 19.3 Å². The molecule has 0 heterocycles. The molecule has 0 spiro atoms. The van der Waals surface area contributed by atoms with Crippen molar-refractivity contribution in [2.45, 2.75) is 374 Å². The minimum Gasteiger partial charge on any atom is -0.462 e. The number of ether oxygens (including phenoxy) is 3. The average molecular weight is 976 g/mol. The highest BCUT2D eigenvalue weighted by molar-refractivity contribution is 5.71. The summed E-state index contributed by atoms with van der Waals surface area (Å²) >= 11 is 0. The molecular formula is C63H122O6. The van der Waals surface area contributed by atoms with E-state index >= 15 is 0 Å². The molecule has 0 radical (unpaired) electrons. The highest BCUT2D eigenvalue weighted by atomic mass is 16.6. The zero-order chi connectivity index (χ0) is 50.0. The third-order valence-electron chi connectivity index (χ3n) is 14.6. The molecule has 0 aliphatic carbocycles.